The van der Waals surface area contributed by atoms with E-state index in [1.54, 1.807) is 24.3 Å². The van der Waals surface area contributed by atoms with Crippen LogP contribution < -0.4 is 5.32 Å². The average molecular weight is 391 g/mol. The minimum Gasteiger partial charge on any atom is -0.339 e. The van der Waals surface area contributed by atoms with Gasteiger partial charge in [0.25, 0.3) is 5.91 Å². The van der Waals surface area contributed by atoms with Crippen molar-refractivity contribution in [2.75, 3.05) is 18.4 Å². The molecule has 2 amide bonds. The molecule has 0 bridgehead atoms. The number of benzene rings is 2. The molecule has 26 heavy (non-hydrogen) atoms. The van der Waals surface area contributed by atoms with Crippen LogP contribution in [0.3, 0.4) is 0 Å². The van der Waals surface area contributed by atoms with E-state index in [2.05, 4.69) is 5.32 Å². The first-order valence-electron chi connectivity index (χ1n) is 8.66. The molecule has 1 N–H and O–H groups in total. The van der Waals surface area contributed by atoms with Gasteiger partial charge in [-0.3, -0.25) is 9.59 Å². The van der Waals surface area contributed by atoms with E-state index < -0.39 is 0 Å². The van der Waals surface area contributed by atoms with Gasteiger partial charge in [-0.15, -0.1) is 0 Å². The lowest BCUT2D eigenvalue weighted by Gasteiger charge is -2.18. The highest BCUT2D eigenvalue weighted by Gasteiger charge is 2.22. The molecule has 0 spiro atoms. The van der Waals surface area contributed by atoms with Crippen molar-refractivity contribution in [3.05, 3.63) is 63.6 Å². The Labute approximate surface area is 163 Å². The van der Waals surface area contributed by atoms with Crippen molar-refractivity contribution in [1.82, 2.24) is 4.90 Å². The number of nitrogens with zero attached hydrogens (tertiary/aromatic N) is 1. The van der Waals surface area contributed by atoms with Gasteiger partial charge in [0.15, 0.2) is 0 Å². The molecule has 2 aromatic carbocycles. The van der Waals surface area contributed by atoms with Gasteiger partial charge in [-0.2, -0.15) is 0 Å². The number of nitrogens with one attached hydrogen (secondary N) is 1. The highest BCUT2D eigenvalue weighted by Crippen LogP contribution is 2.23. The summed E-state index contributed by atoms with van der Waals surface area (Å²) in [6.45, 7) is 1.55. The molecule has 1 fully saturated rings. The van der Waals surface area contributed by atoms with E-state index in [-0.39, 0.29) is 18.2 Å². The molecule has 2 aromatic rings. The normalized spacial score (nSPS) is 13.7. The Morgan fingerprint density at radius 2 is 1.77 bits per heavy atom. The first-order chi connectivity index (χ1) is 12.5. The zero-order valence-corrected chi connectivity index (χ0v) is 15.8. The van der Waals surface area contributed by atoms with Gasteiger partial charge in [0, 0.05) is 29.6 Å². The summed E-state index contributed by atoms with van der Waals surface area (Å²) in [6.07, 6.45) is 2.84. The molecule has 0 unspecified atom stereocenters. The summed E-state index contributed by atoms with van der Waals surface area (Å²) in [6, 6.07) is 12.4. The Bertz CT molecular complexity index is 817. The van der Waals surface area contributed by atoms with Crippen LogP contribution in [0.15, 0.2) is 42.5 Å². The van der Waals surface area contributed by atoms with Crippen LogP contribution in [0, 0.1) is 0 Å². The summed E-state index contributed by atoms with van der Waals surface area (Å²) in [5.41, 5.74) is 1.96. The maximum Gasteiger partial charge on any atom is 0.255 e. The number of rotatable bonds is 5. The summed E-state index contributed by atoms with van der Waals surface area (Å²) < 4.78 is 0. The largest absolute Gasteiger partial charge is 0.339 e. The van der Waals surface area contributed by atoms with Crippen LogP contribution >= 0.6 is 23.2 Å². The molecule has 0 atom stereocenters. The van der Waals surface area contributed by atoms with Gasteiger partial charge in [-0.05, 0) is 49.1 Å². The summed E-state index contributed by atoms with van der Waals surface area (Å²) >= 11 is 12.0. The molecule has 0 aliphatic carbocycles. The quantitative estimate of drug-likeness (QED) is 0.796. The van der Waals surface area contributed by atoms with E-state index in [0.717, 1.165) is 31.5 Å². The van der Waals surface area contributed by atoms with E-state index in [9.17, 15) is 9.59 Å². The van der Waals surface area contributed by atoms with Crippen molar-refractivity contribution in [2.24, 2.45) is 0 Å². The zero-order valence-electron chi connectivity index (χ0n) is 14.3. The van der Waals surface area contributed by atoms with Gasteiger partial charge in [-0.1, -0.05) is 41.4 Å². The van der Waals surface area contributed by atoms with Crippen LogP contribution in [0.4, 0.5) is 5.69 Å². The fourth-order valence-corrected chi connectivity index (χ4v) is 3.56. The van der Waals surface area contributed by atoms with Crippen LogP contribution in [0.1, 0.15) is 35.2 Å². The van der Waals surface area contributed by atoms with Crippen molar-refractivity contribution in [1.29, 1.82) is 0 Å². The molecule has 3 rings (SSSR count). The third kappa shape index (κ3) is 4.57. The highest BCUT2D eigenvalue weighted by atomic mass is 35.5. The number of halogens is 2. The molecular formula is C20H20Cl2N2O2. The molecule has 0 saturated carbocycles. The van der Waals surface area contributed by atoms with Crippen molar-refractivity contribution in [3.63, 3.8) is 0 Å². The Hall–Kier alpha value is -2.04. The number of likely N-dealkylation sites (tertiary alicyclic amines) is 1. The summed E-state index contributed by atoms with van der Waals surface area (Å²) in [5, 5.41) is 3.98. The van der Waals surface area contributed by atoms with Crippen LogP contribution in [0.5, 0.6) is 0 Å². The SMILES string of the molecule is O=C(CCc1ccc(Cl)cc1Cl)Nc1ccccc1C(=O)N1CCCC1. The number of anilines is 1. The first-order valence-corrected chi connectivity index (χ1v) is 9.42. The minimum atomic E-state index is -0.155. The fraction of sp³-hybridized carbons (Fsp3) is 0.300. The third-order valence-electron chi connectivity index (χ3n) is 4.46. The number of amides is 2. The molecule has 1 saturated heterocycles. The molecule has 1 heterocycles. The molecule has 0 aromatic heterocycles. The molecular weight excluding hydrogens is 371 g/mol. The predicted octanol–water partition coefficient (Wildman–Crippen LogP) is 4.80. The van der Waals surface area contributed by atoms with Crippen molar-refractivity contribution >= 4 is 40.7 Å². The smallest absolute Gasteiger partial charge is 0.255 e. The molecule has 1 aliphatic rings. The number of hydrogen-bond donors (Lipinski definition) is 1. The summed E-state index contributed by atoms with van der Waals surface area (Å²) in [4.78, 5) is 26.8. The van der Waals surface area contributed by atoms with Gasteiger partial charge in [0.2, 0.25) is 5.91 Å². The van der Waals surface area contributed by atoms with Gasteiger partial charge < -0.3 is 10.2 Å². The highest BCUT2D eigenvalue weighted by molar-refractivity contribution is 6.35. The number of para-hydroxylation sites is 1. The van der Waals surface area contributed by atoms with Crippen molar-refractivity contribution < 1.29 is 9.59 Å². The lowest BCUT2D eigenvalue weighted by atomic mass is 10.1. The maximum atomic E-state index is 12.6. The maximum absolute atomic E-state index is 12.6. The second kappa shape index (κ2) is 8.56. The fourth-order valence-electron chi connectivity index (χ4n) is 3.05. The summed E-state index contributed by atoms with van der Waals surface area (Å²) in [7, 11) is 0. The topological polar surface area (TPSA) is 49.4 Å². The standard InChI is InChI=1S/C20H20Cl2N2O2/c21-15-9-7-14(17(22)13-15)8-10-19(25)23-18-6-2-1-5-16(18)20(26)24-11-3-4-12-24/h1-2,5-7,9,13H,3-4,8,10-12H2,(H,23,25). The lowest BCUT2D eigenvalue weighted by Crippen LogP contribution is -2.28. The van der Waals surface area contributed by atoms with E-state index in [4.69, 9.17) is 23.2 Å². The monoisotopic (exact) mass is 390 g/mol. The molecule has 136 valence electrons. The average Bonchev–Trinajstić information content (AvgIpc) is 3.15. The van der Waals surface area contributed by atoms with Gasteiger partial charge in [-0.25, -0.2) is 0 Å². The second-order valence-electron chi connectivity index (χ2n) is 6.33. The third-order valence-corrected chi connectivity index (χ3v) is 5.05. The number of carbonyl (C=O) groups is 2. The number of hydrogen-bond acceptors (Lipinski definition) is 2. The van der Waals surface area contributed by atoms with Crippen LogP contribution in [0.2, 0.25) is 10.0 Å². The van der Waals surface area contributed by atoms with Gasteiger partial charge in [0.1, 0.15) is 0 Å². The molecule has 4 nitrogen and oxygen atoms in total. The van der Waals surface area contributed by atoms with E-state index in [1.165, 1.54) is 0 Å². The predicted molar refractivity (Wildman–Crippen MR) is 105 cm³/mol. The van der Waals surface area contributed by atoms with Crippen LogP contribution in [-0.4, -0.2) is 29.8 Å². The van der Waals surface area contributed by atoms with E-state index >= 15 is 0 Å². The van der Waals surface area contributed by atoms with Gasteiger partial charge in [0.05, 0.1) is 11.3 Å². The Morgan fingerprint density at radius 1 is 1.04 bits per heavy atom. The van der Waals surface area contributed by atoms with E-state index in [1.807, 2.05) is 23.1 Å². The van der Waals surface area contributed by atoms with Gasteiger partial charge >= 0.3 is 0 Å². The number of aryl methyl sites for hydroxylation is 1. The molecule has 0 radical (unpaired) electrons. The number of carbonyl (C=O) groups excluding carboxylic acids is 2. The Balaban J connectivity index is 1.65. The second-order valence-corrected chi connectivity index (χ2v) is 7.17. The minimum absolute atomic E-state index is 0.0286. The first kappa shape index (κ1) is 18.7. The van der Waals surface area contributed by atoms with E-state index in [0.29, 0.717) is 27.7 Å². The van der Waals surface area contributed by atoms with Crippen LogP contribution in [-0.2, 0) is 11.2 Å². The Morgan fingerprint density at radius 3 is 2.50 bits per heavy atom. The Kier molecular flexibility index (Phi) is 6.17. The molecule has 6 heteroatoms. The lowest BCUT2D eigenvalue weighted by molar-refractivity contribution is -0.116. The zero-order chi connectivity index (χ0) is 18.5. The van der Waals surface area contributed by atoms with Crippen molar-refractivity contribution in [2.45, 2.75) is 25.7 Å². The molecule has 1 aliphatic heterocycles. The van der Waals surface area contributed by atoms with Crippen molar-refractivity contribution in [3.8, 4) is 0 Å². The summed E-state index contributed by atoms with van der Waals surface area (Å²) in [5.74, 6) is -0.183. The van der Waals surface area contributed by atoms with Crippen LogP contribution in [0.25, 0.3) is 0 Å².